The molecule has 0 aliphatic heterocycles. The van der Waals surface area contributed by atoms with Crippen LogP contribution in [0, 0.1) is 0 Å². The van der Waals surface area contributed by atoms with Crippen LogP contribution in [-0.2, 0) is 20.7 Å². The van der Waals surface area contributed by atoms with Gasteiger partial charge in [0.05, 0.1) is 25.0 Å². The van der Waals surface area contributed by atoms with E-state index >= 15 is 0 Å². The van der Waals surface area contributed by atoms with Gasteiger partial charge in [-0.2, -0.15) is 0 Å². The maximum Gasteiger partial charge on any atom is 0.311 e. The van der Waals surface area contributed by atoms with E-state index in [0.29, 0.717) is 23.2 Å². The summed E-state index contributed by atoms with van der Waals surface area (Å²) in [5, 5.41) is 4.76. The summed E-state index contributed by atoms with van der Waals surface area (Å²) >= 11 is 1.25. The quantitative estimate of drug-likeness (QED) is 0.655. The number of nitrogens with one attached hydrogen (secondary N) is 1. The topological polar surface area (TPSA) is 81.4 Å². The van der Waals surface area contributed by atoms with Crippen molar-refractivity contribution in [1.82, 2.24) is 4.98 Å². The highest BCUT2D eigenvalue weighted by Gasteiger charge is 2.09. The number of anilines is 1. The standard InChI is InChI=1S/C14H14N2O4S/c1-2-19-13(18)8-10-9-21-14(15-10)16-12(17)6-5-11-4-3-7-20-11/h3-7,9H,2,8H2,1H3,(H,15,16,17). The van der Waals surface area contributed by atoms with Gasteiger partial charge in [0.15, 0.2) is 5.13 Å². The zero-order valence-corrected chi connectivity index (χ0v) is 12.2. The summed E-state index contributed by atoms with van der Waals surface area (Å²) in [4.78, 5) is 27.1. The van der Waals surface area contributed by atoms with Crippen LogP contribution in [0.2, 0.25) is 0 Å². The Balaban J connectivity index is 1.87. The third kappa shape index (κ3) is 4.88. The lowest BCUT2D eigenvalue weighted by atomic mass is 10.3. The van der Waals surface area contributed by atoms with Crippen LogP contribution in [-0.4, -0.2) is 23.5 Å². The molecule has 0 saturated heterocycles. The Morgan fingerprint density at radius 1 is 1.52 bits per heavy atom. The van der Waals surface area contributed by atoms with E-state index in [9.17, 15) is 9.59 Å². The van der Waals surface area contributed by atoms with Gasteiger partial charge in [0.2, 0.25) is 5.91 Å². The van der Waals surface area contributed by atoms with Crippen molar-refractivity contribution in [2.45, 2.75) is 13.3 Å². The first kappa shape index (κ1) is 15.0. The van der Waals surface area contributed by atoms with Gasteiger partial charge in [-0.15, -0.1) is 11.3 Å². The first-order chi connectivity index (χ1) is 10.2. The molecule has 2 heterocycles. The average Bonchev–Trinajstić information content (AvgIpc) is 3.08. The molecule has 0 atom stereocenters. The number of hydrogen-bond acceptors (Lipinski definition) is 6. The maximum atomic E-state index is 11.7. The second kappa shape index (κ2) is 7.39. The first-order valence-corrected chi connectivity index (χ1v) is 7.18. The van der Waals surface area contributed by atoms with Gasteiger partial charge in [-0.05, 0) is 25.1 Å². The predicted octanol–water partition coefficient (Wildman–Crippen LogP) is 2.49. The minimum absolute atomic E-state index is 0.0996. The average molecular weight is 306 g/mol. The number of nitrogens with zero attached hydrogens (tertiary/aromatic N) is 1. The first-order valence-electron chi connectivity index (χ1n) is 6.30. The van der Waals surface area contributed by atoms with E-state index in [-0.39, 0.29) is 18.3 Å². The van der Waals surface area contributed by atoms with Gasteiger partial charge in [0.1, 0.15) is 5.76 Å². The molecule has 0 bridgehead atoms. The second-order valence-corrected chi connectivity index (χ2v) is 4.82. The molecule has 6 nitrogen and oxygen atoms in total. The van der Waals surface area contributed by atoms with E-state index in [2.05, 4.69) is 10.3 Å². The normalized spacial score (nSPS) is 10.7. The molecular weight excluding hydrogens is 292 g/mol. The molecule has 0 unspecified atom stereocenters. The van der Waals surface area contributed by atoms with E-state index < -0.39 is 0 Å². The lowest BCUT2D eigenvalue weighted by molar-refractivity contribution is -0.142. The Bertz CT molecular complexity index is 631. The summed E-state index contributed by atoms with van der Waals surface area (Å²) in [7, 11) is 0. The molecule has 0 aliphatic carbocycles. The largest absolute Gasteiger partial charge is 0.466 e. The number of carbonyl (C=O) groups excluding carboxylic acids is 2. The molecule has 0 fully saturated rings. The van der Waals surface area contributed by atoms with E-state index in [4.69, 9.17) is 9.15 Å². The van der Waals surface area contributed by atoms with Crippen LogP contribution in [0.4, 0.5) is 5.13 Å². The highest BCUT2D eigenvalue weighted by atomic mass is 32.1. The predicted molar refractivity (Wildman–Crippen MR) is 78.8 cm³/mol. The fourth-order valence-corrected chi connectivity index (χ4v) is 2.21. The molecule has 2 rings (SSSR count). The summed E-state index contributed by atoms with van der Waals surface area (Å²) in [6.07, 6.45) is 4.54. The van der Waals surface area contributed by atoms with Crippen molar-refractivity contribution in [1.29, 1.82) is 0 Å². The van der Waals surface area contributed by atoms with Crippen molar-refractivity contribution in [3.63, 3.8) is 0 Å². The number of esters is 1. The SMILES string of the molecule is CCOC(=O)Cc1csc(NC(=O)C=Cc2ccco2)n1. The van der Waals surface area contributed by atoms with E-state index in [1.165, 1.54) is 23.7 Å². The molecule has 0 aromatic carbocycles. The Hall–Kier alpha value is -2.41. The zero-order valence-electron chi connectivity index (χ0n) is 11.4. The van der Waals surface area contributed by atoms with E-state index in [0.717, 1.165) is 0 Å². The lowest BCUT2D eigenvalue weighted by Gasteiger charge is -1.98. The van der Waals surface area contributed by atoms with E-state index in [1.54, 1.807) is 30.5 Å². The Morgan fingerprint density at radius 3 is 3.10 bits per heavy atom. The monoisotopic (exact) mass is 306 g/mol. The number of rotatable bonds is 6. The van der Waals surface area contributed by atoms with Crippen LogP contribution < -0.4 is 5.32 Å². The molecule has 1 amide bonds. The van der Waals surface area contributed by atoms with Gasteiger partial charge in [-0.3, -0.25) is 14.9 Å². The highest BCUT2D eigenvalue weighted by molar-refractivity contribution is 7.14. The molecule has 110 valence electrons. The van der Waals surface area contributed by atoms with Gasteiger partial charge in [0.25, 0.3) is 0 Å². The molecule has 0 saturated carbocycles. The highest BCUT2D eigenvalue weighted by Crippen LogP contribution is 2.16. The summed E-state index contributed by atoms with van der Waals surface area (Å²) in [5.41, 5.74) is 0.573. The molecule has 2 aromatic rings. The Kier molecular flexibility index (Phi) is 5.28. The molecule has 7 heteroatoms. The number of amides is 1. The molecule has 0 radical (unpaired) electrons. The second-order valence-electron chi connectivity index (χ2n) is 3.96. The maximum absolute atomic E-state index is 11.7. The van der Waals surface area contributed by atoms with Gasteiger partial charge in [-0.1, -0.05) is 0 Å². The minimum atomic E-state index is -0.335. The van der Waals surface area contributed by atoms with Crippen LogP contribution in [0.3, 0.4) is 0 Å². The summed E-state index contributed by atoms with van der Waals surface area (Å²) < 4.78 is 9.91. The fraction of sp³-hybridized carbons (Fsp3) is 0.214. The third-order valence-electron chi connectivity index (χ3n) is 2.35. The van der Waals surface area contributed by atoms with Crippen LogP contribution in [0.5, 0.6) is 0 Å². The van der Waals surface area contributed by atoms with Crippen LogP contribution >= 0.6 is 11.3 Å². The minimum Gasteiger partial charge on any atom is -0.466 e. The van der Waals surface area contributed by atoms with Gasteiger partial charge < -0.3 is 9.15 Å². The smallest absolute Gasteiger partial charge is 0.311 e. The molecule has 0 aliphatic rings. The number of aromatic nitrogens is 1. The van der Waals surface area contributed by atoms with E-state index in [1.807, 2.05) is 0 Å². The Morgan fingerprint density at radius 2 is 2.38 bits per heavy atom. The van der Waals surface area contributed by atoms with Crippen LogP contribution in [0.1, 0.15) is 18.4 Å². The molecule has 0 spiro atoms. The fourth-order valence-electron chi connectivity index (χ4n) is 1.50. The molecular formula is C14H14N2O4S. The third-order valence-corrected chi connectivity index (χ3v) is 3.16. The number of hydrogen-bond donors (Lipinski definition) is 1. The van der Waals surface area contributed by atoms with Gasteiger partial charge >= 0.3 is 5.97 Å². The van der Waals surface area contributed by atoms with Crippen LogP contribution in [0.25, 0.3) is 6.08 Å². The number of furan rings is 1. The van der Waals surface area contributed by atoms with Crippen LogP contribution in [0.15, 0.2) is 34.3 Å². The lowest BCUT2D eigenvalue weighted by Crippen LogP contribution is -2.09. The van der Waals surface area contributed by atoms with Gasteiger partial charge in [0, 0.05) is 11.5 Å². The number of thiazole rings is 1. The molecule has 1 N–H and O–H groups in total. The van der Waals surface area contributed by atoms with Crippen molar-refractivity contribution < 1.29 is 18.7 Å². The number of carbonyl (C=O) groups is 2. The number of ether oxygens (including phenoxy) is 1. The molecule has 2 aromatic heterocycles. The van der Waals surface area contributed by atoms with Crippen molar-refractivity contribution in [3.8, 4) is 0 Å². The summed E-state index contributed by atoms with van der Waals surface area (Å²) in [5.74, 6) is -0.0610. The van der Waals surface area contributed by atoms with Crippen molar-refractivity contribution >= 4 is 34.4 Å². The van der Waals surface area contributed by atoms with Gasteiger partial charge in [-0.25, -0.2) is 4.98 Å². The van der Waals surface area contributed by atoms with Crippen molar-refractivity contribution in [2.75, 3.05) is 11.9 Å². The van der Waals surface area contributed by atoms with Crippen molar-refractivity contribution in [3.05, 3.63) is 41.3 Å². The summed E-state index contributed by atoms with van der Waals surface area (Å²) in [6, 6.07) is 3.48. The zero-order chi connectivity index (χ0) is 15.1. The Labute approximate surface area is 125 Å². The van der Waals surface area contributed by atoms with Crippen molar-refractivity contribution in [2.24, 2.45) is 0 Å². The summed E-state index contributed by atoms with van der Waals surface area (Å²) in [6.45, 7) is 2.08. The molecule has 21 heavy (non-hydrogen) atoms.